The van der Waals surface area contributed by atoms with Crippen LogP contribution in [-0.2, 0) is 0 Å². The van der Waals surface area contributed by atoms with Crippen molar-refractivity contribution in [3.05, 3.63) is 18.5 Å². The van der Waals surface area contributed by atoms with E-state index in [2.05, 4.69) is 4.98 Å². The molecule has 0 unspecified atom stereocenters. The van der Waals surface area contributed by atoms with E-state index in [0.29, 0.717) is 11.0 Å². The number of nitrogens with zero attached hydrogens (tertiary/aromatic N) is 2. The molecule has 0 radical (unpaired) electrons. The number of phenols is 2. The molecule has 15 heavy (non-hydrogen) atoms. The molecule has 6 heteroatoms. The first-order valence-corrected chi connectivity index (χ1v) is 4.35. The third-order valence-electron chi connectivity index (χ3n) is 1.93. The van der Waals surface area contributed by atoms with Crippen molar-refractivity contribution in [3.8, 4) is 11.5 Å². The lowest BCUT2D eigenvalue weighted by atomic mass is 10.3. The Balaban J connectivity index is 2.45. The van der Waals surface area contributed by atoms with Crippen LogP contribution in [0.2, 0.25) is 0 Å². The minimum Gasteiger partial charge on any atom is -0.504 e. The second-order valence-electron chi connectivity index (χ2n) is 2.96. The highest BCUT2D eigenvalue weighted by molar-refractivity contribution is 5.79. The summed E-state index contributed by atoms with van der Waals surface area (Å²) in [6.45, 7) is 0.0246. The summed E-state index contributed by atoms with van der Waals surface area (Å²) in [6.07, 6.45) is 1.40. The molecule has 2 aromatic rings. The minimum absolute atomic E-state index is 0.107. The third-order valence-corrected chi connectivity index (χ3v) is 1.93. The summed E-state index contributed by atoms with van der Waals surface area (Å²) < 4.78 is 1.32. The van der Waals surface area contributed by atoms with Gasteiger partial charge in [-0.15, -0.1) is 0 Å². The molecule has 3 N–H and O–H groups in total. The van der Waals surface area contributed by atoms with Crippen LogP contribution in [0.5, 0.6) is 11.5 Å². The predicted molar refractivity (Wildman–Crippen MR) is 51.6 cm³/mol. The molecule has 80 valence electrons. The lowest BCUT2D eigenvalue weighted by Crippen LogP contribution is -2.13. The number of imidazole rings is 1. The zero-order chi connectivity index (χ0) is 10.8. The number of aliphatic hydroxyl groups is 1. The van der Waals surface area contributed by atoms with E-state index in [1.807, 2.05) is 0 Å². The largest absolute Gasteiger partial charge is 0.504 e. The Morgan fingerprint density at radius 1 is 1.27 bits per heavy atom. The first-order valence-electron chi connectivity index (χ1n) is 4.35. The number of rotatable bonds is 3. The number of phenolic OH excluding ortho intramolecular Hbond substituents is 2. The number of aromatic hydroxyl groups is 2. The molecule has 0 aliphatic rings. The van der Waals surface area contributed by atoms with Gasteiger partial charge in [0, 0.05) is 12.1 Å². The van der Waals surface area contributed by atoms with Gasteiger partial charge in [-0.25, -0.2) is 4.98 Å². The first kappa shape index (κ1) is 9.60. The van der Waals surface area contributed by atoms with Crippen molar-refractivity contribution in [2.75, 3.05) is 13.2 Å². The van der Waals surface area contributed by atoms with E-state index in [9.17, 15) is 10.2 Å². The second-order valence-corrected chi connectivity index (χ2v) is 2.96. The fourth-order valence-electron chi connectivity index (χ4n) is 1.25. The van der Waals surface area contributed by atoms with Crippen LogP contribution in [0, 0.1) is 0 Å². The highest BCUT2D eigenvalue weighted by Crippen LogP contribution is 2.28. The number of aromatic nitrogens is 2. The molecule has 0 saturated carbocycles. The Hall–Kier alpha value is -1.95. The molecule has 1 heterocycles. The summed E-state index contributed by atoms with van der Waals surface area (Å²) in [4.78, 5) is 9.07. The molecular weight excluding hydrogens is 200 g/mol. The van der Waals surface area contributed by atoms with E-state index in [0.717, 1.165) is 0 Å². The molecule has 0 atom stereocenters. The van der Waals surface area contributed by atoms with E-state index in [-0.39, 0.29) is 24.7 Å². The third kappa shape index (κ3) is 1.66. The molecule has 0 aliphatic heterocycles. The van der Waals surface area contributed by atoms with Gasteiger partial charge in [0.05, 0.1) is 12.1 Å². The van der Waals surface area contributed by atoms with Crippen LogP contribution >= 0.6 is 0 Å². The normalized spacial score (nSPS) is 10.7. The Morgan fingerprint density at radius 3 is 2.73 bits per heavy atom. The van der Waals surface area contributed by atoms with Gasteiger partial charge in [-0.1, -0.05) is 0 Å². The average molecular weight is 210 g/mol. The van der Waals surface area contributed by atoms with Crippen LogP contribution in [0.15, 0.2) is 18.5 Å². The predicted octanol–water partition coefficient (Wildman–Crippen LogP) is -0.132. The van der Waals surface area contributed by atoms with E-state index < -0.39 is 0 Å². The molecule has 0 amide bonds. The highest BCUT2D eigenvalue weighted by atomic mass is 16.7. The molecule has 0 spiro atoms. The van der Waals surface area contributed by atoms with Crippen molar-refractivity contribution in [1.82, 2.24) is 9.71 Å². The topological polar surface area (TPSA) is 87.7 Å². The SMILES string of the molecule is OCCOn1cnc2cc(O)c(O)cc21. The smallest absolute Gasteiger partial charge is 0.159 e. The van der Waals surface area contributed by atoms with Gasteiger partial charge in [-0.05, 0) is 0 Å². The van der Waals surface area contributed by atoms with E-state index in [1.165, 1.54) is 23.2 Å². The average Bonchev–Trinajstić information content (AvgIpc) is 2.59. The van der Waals surface area contributed by atoms with E-state index in [4.69, 9.17) is 9.94 Å². The maximum atomic E-state index is 9.29. The van der Waals surface area contributed by atoms with Crippen LogP contribution in [0.4, 0.5) is 0 Å². The summed E-state index contributed by atoms with van der Waals surface area (Å²) in [6, 6.07) is 2.68. The summed E-state index contributed by atoms with van der Waals surface area (Å²) >= 11 is 0. The fourth-order valence-corrected chi connectivity index (χ4v) is 1.25. The maximum Gasteiger partial charge on any atom is 0.159 e. The van der Waals surface area contributed by atoms with Crippen LogP contribution in [0.1, 0.15) is 0 Å². The zero-order valence-electron chi connectivity index (χ0n) is 7.79. The van der Waals surface area contributed by atoms with E-state index in [1.54, 1.807) is 0 Å². The Labute approximate surface area is 84.9 Å². The summed E-state index contributed by atoms with van der Waals surface area (Å²) in [5.41, 5.74) is 1.03. The summed E-state index contributed by atoms with van der Waals surface area (Å²) in [7, 11) is 0. The van der Waals surface area contributed by atoms with Gasteiger partial charge >= 0.3 is 0 Å². The van der Waals surface area contributed by atoms with Crippen LogP contribution in [-0.4, -0.2) is 38.2 Å². The van der Waals surface area contributed by atoms with Crippen LogP contribution in [0.3, 0.4) is 0 Å². The van der Waals surface area contributed by atoms with Crippen molar-refractivity contribution < 1.29 is 20.2 Å². The summed E-state index contributed by atoms with van der Waals surface area (Å²) in [5.74, 6) is -0.466. The Morgan fingerprint density at radius 2 is 2.00 bits per heavy atom. The quantitative estimate of drug-likeness (QED) is 0.614. The Kier molecular flexibility index (Phi) is 2.34. The number of fused-ring (bicyclic) bond motifs is 1. The van der Waals surface area contributed by atoms with Gasteiger partial charge in [0.1, 0.15) is 18.5 Å². The van der Waals surface area contributed by atoms with Gasteiger partial charge in [-0.3, -0.25) is 0 Å². The molecule has 6 nitrogen and oxygen atoms in total. The van der Waals surface area contributed by atoms with Crippen molar-refractivity contribution in [2.45, 2.75) is 0 Å². The molecule has 1 aromatic carbocycles. The second kappa shape index (κ2) is 3.66. The van der Waals surface area contributed by atoms with E-state index >= 15 is 0 Å². The maximum absolute atomic E-state index is 9.29. The molecule has 2 rings (SSSR count). The van der Waals surface area contributed by atoms with Crippen molar-refractivity contribution in [2.24, 2.45) is 0 Å². The summed E-state index contributed by atoms with van der Waals surface area (Å²) in [5, 5.41) is 27.1. The zero-order valence-corrected chi connectivity index (χ0v) is 7.79. The fraction of sp³-hybridized carbons (Fsp3) is 0.222. The number of hydrogen-bond acceptors (Lipinski definition) is 5. The van der Waals surface area contributed by atoms with Crippen LogP contribution in [0.25, 0.3) is 11.0 Å². The molecule has 0 bridgehead atoms. The van der Waals surface area contributed by atoms with Crippen molar-refractivity contribution in [3.63, 3.8) is 0 Å². The lowest BCUT2D eigenvalue weighted by Gasteiger charge is -2.05. The Bertz CT molecular complexity index is 480. The van der Waals surface area contributed by atoms with Crippen molar-refractivity contribution in [1.29, 1.82) is 0 Å². The van der Waals surface area contributed by atoms with Gasteiger partial charge in [0.25, 0.3) is 0 Å². The molecular formula is C9H10N2O4. The van der Waals surface area contributed by atoms with Gasteiger partial charge in [0.15, 0.2) is 11.5 Å². The van der Waals surface area contributed by atoms with Gasteiger partial charge in [-0.2, -0.15) is 4.73 Å². The first-order chi connectivity index (χ1) is 7.22. The minimum atomic E-state index is -0.239. The van der Waals surface area contributed by atoms with Crippen LogP contribution < -0.4 is 4.84 Å². The standard InChI is InChI=1S/C9H10N2O4/c12-1-2-15-11-5-10-6-3-8(13)9(14)4-7(6)11/h3-5,12-14H,1-2H2. The lowest BCUT2D eigenvalue weighted by molar-refractivity contribution is 0.0821. The molecule has 0 aliphatic carbocycles. The highest BCUT2D eigenvalue weighted by Gasteiger charge is 2.08. The number of aliphatic hydroxyl groups excluding tert-OH is 1. The molecule has 0 fully saturated rings. The van der Waals surface area contributed by atoms with Gasteiger partial charge in [0.2, 0.25) is 0 Å². The molecule has 1 aromatic heterocycles. The monoisotopic (exact) mass is 210 g/mol. The van der Waals surface area contributed by atoms with Crippen molar-refractivity contribution >= 4 is 11.0 Å². The van der Waals surface area contributed by atoms with Gasteiger partial charge < -0.3 is 20.2 Å². The number of hydrogen-bond donors (Lipinski definition) is 3. The number of benzene rings is 1. The molecule has 0 saturated heterocycles.